The van der Waals surface area contributed by atoms with Gasteiger partial charge in [0.25, 0.3) is 0 Å². The molecule has 0 rings (SSSR count). The Hall–Kier alpha value is 3.59. The maximum Gasteiger partial charge on any atom is 0 e. The monoisotopic (exact) mass is 360 g/mol. The predicted molar refractivity (Wildman–Crippen MR) is 36.4 cm³/mol. The minimum atomic E-state index is 0. The molecule has 0 atom stereocenters. The van der Waals surface area contributed by atoms with Crippen LogP contribution in [-0.4, -0.2) is 90.2 Å². The van der Waals surface area contributed by atoms with Crippen LogP contribution < -0.4 is 0 Å². The molecule has 0 aliphatic heterocycles. The van der Waals surface area contributed by atoms with Gasteiger partial charge in [0.1, 0.15) is 0 Å². The molecule has 0 amide bonds. The normalized spacial score (nSPS) is 0. The summed E-state index contributed by atoms with van der Waals surface area (Å²) in [5.74, 6) is 0. The molecular formula is H10AlInMgSnZn. The summed E-state index contributed by atoms with van der Waals surface area (Å²) >= 11 is 0. The first kappa shape index (κ1) is 38.4. The van der Waals surface area contributed by atoms with Crippen LogP contribution in [0.25, 0.3) is 0 Å². The van der Waals surface area contributed by atoms with Crippen molar-refractivity contribution in [2.45, 2.75) is 0 Å². The maximum atomic E-state index is 0. The van der Waals surface area contributed by atoms with Crippen molar-refractivity contribution in [3.8, 4) is 0 Å². The van der Waals surface area contributed by atoms with E-state index in [2.05, 4.69) is 0 Å². The largest absolute Gasteiger partial charge is 0 e. The van der Waals surface area contributed by atoms with Gasteiger partial charge in [0.15, 0.2) is 17.4 Å². The maximum absolute atomic E-state index is 0. The van der Waals surface area contributed by atoms with Gasteiger partial charge < -0.3 is 2.85 Å². The standard InChI is InChI=1S/Al.In.Mg.Sn.Zn.10H/q;;+2;;;;;;;;;;;2*-1. The van der Waals surface area contributed by atoms with Gasteiger partial charge in [0.2, 0.25) is 0 Å². The van der Waals surface area contributed by atoms with E-state index in [0.29, 0.717) is 0 Å². The van der Waals surface area contributed by atoms with Crippen LogP contribution in [0, 0.1) is 0 Å². The summed E-state index contributed by atoms with van der Waals surface area (Å²) in [5.41, 5.74) is 0. The molecule has 0 saturated heterocycles. The third-order valence-corrected chi connectivity index (χ3v) is 0. The van der Waals surface area contributed by atoms with Crippen LogP contribution in [0.2, 0.25) is 0 Å². The Bertz CT molecular complexity index is 17.7. The summed E-state index contributed by atoms with van der Waals surface area (Å²) in [6, 6.07) is 0. The summed E-state index contributed by atoms with van der Waals surface area (Å²) in [6.07, 6.45) is 0. The van der Waals surface area contributed by atoms with Crippen molar-refractivity contribution in [3.05, 3.63) is 0 Å². The third-order valence-electron chi connectivity index (χ3n) is 0. The molecule has 0 aliphatic rings. The molecule has 0 unspecified atom stereocenters. The summed E-state index contributed by atoms with van der Waals surface area (Å²) in [7, 11) is 0. The fourth-order valence-corrected chi connectivity index (χ4v) is 0. The second kappa shape index (κ2) is 25.6. The minimum Gasteiger partial charge on any atom is 0 e. The van der Waals surface area contributed by atoms with Crippen LogP contribution in [0.4, 0.5) is 0 Å². The molecule has 5 heteroatoms. The molecule has 0 spiro atoms. The zero-order valence-electron chi connectivity index (χ0n) is 4.12. The van der Waals surface area contributed by atoms with Gasteiger partial charge in [0, 0.05) is 19.5 Å². The average Bonchev–Trinajstić information content (AvgIpc) is 0. The molecule has 0 aromatic heterocycles. The smallest absolute Gasteiger partial charge is 0 e. The molecule has 5 heavy (non-hydrogen) atoms. The number of hydrogen-bond donors (Lipinski definition) is 0. The first-order valence-corrected chi connectivity index (χ1v) is 0. The zero-order chi connectivity index (χ0) is 0. The predicted octanol–water partition coefficient (Wildman–Crippen LogP) is -3.44. The number of hydrogen-bond acceptors (Lipinski definition) is 0. The van der Waals surface area contributed by atoms with Crippen LogP contribution in [0.1, 0.15) is 2.85 Å². The molecule has 0 aromatic carbocycles. The van der Waals surface area contributed by atoms with Crippen LogP contribution in [0.5, 0.6) is 0 Å². The quantitative estimate of drug-likeness (QED) is 0.395. The Morgan fingerprint density at radius 3 is 1.20 bits per heavy atom. The molecule has 0 bridgehead atoms. The molecule has 24 valence electrons. The second-order valence-electron chi connectivity index (χ2n) is 0. The van der Waals surface area contributed by atoms with E-state index in [4.69, 9.17) is 0 Å². The fraction of sp³-hybridized carbons (Fsp3) is 0. The van der Waals surface area contributed by atoms with Crippen molar-refractivity contribution < 1.29 is 22.3 Å². The van der Waals surface area contributed by atoms with E-state index >= 15 is 0 Å². The zero-order valence-corrected chi connectivity index (χ0v) is 10.5. The van der Waals surface area contributed by atoms with E-state index in [1.807, 2.05) is 0 Å². The van der Waals surface area contributed by atoms with Gasteiger partial charge in [-0.05, 0) is 0 Å². The van der Waals surface area contributed by atoms with Gasteiger partial charge in [-0.15, -0.1) is 0 Å². The molecule has 0 aromatic rings. The molecular weight excluding hydrogens is 350 g/mol. The van der Waals surface area contributed by atoms with E-state index in [1.165, 1.54) is 0 Å². The first-order valence-electron chi connectivity index (χ1n) is 0. The topological polar surface area (TPSA) is 0 Å². The van der Waals surface area contributed by atoms with Gasteiger partial charge in [-0.2, -0.15) is 0 Å². The van der Waals surface area contributed by atoms with Gasteiger partial charge in [0.05, 0.1) is 0 Å². The van der Waals surface area contributed by atoms with Crippen LogP contribution in [0.3, 0.4) is 0 Å². The second-order valence-corrected chi connectivity index (χ2v) is 0. The molecule has 0 aliphatic carbocycles. The van der Waals surface area contributed by atoms with Crippen molar-refractivity contribution in [1.29, 1.82) is 0 Å². The Morgan fingerprint density at radius 2 is 1.20 bits per heavy atom. The Balaban J connectivity index is 0. The Labute approximate surface area is 110 Å². The van der Waals surface area contributed by atoms with E-state index in [9.17, 15) is 0 Å². The van der Waals surface area contributed by atoms with Gasteiger partial charge in [-0.3, -0.25) is 0 Å². The summed E-state index contributed by atoms with van der Waals surface area (Å²) in [6.45, 7) is 0. The fourth-order valence-electron chi connectivity index (χ4n) is 0. The average molecular weight is 360 g/mol. The first-order chi connectivity index (χ1) is 0. The molecule has 0 nitrogen and oxygen atoms in total. The summed E-state index contributed by atoms with van der Waals surface area (Å²) in [5, 5.41) is 0. The van der Waals surface area contributed by atoms with Gasteiger partial charge >= 0.3 is 72.8 Å². The SMILES string of the molecule is [AlH3].[H-].[H-].[InH3].[Mg+2].[SnH2].[Zn]. The van der Waals surface area contributed by atoms with E-state index in [-0.39, 0.29) is 112 Å². The van der Waals surface area contributed by atoms with Crippen LogP contribution >= 0.6 is 0 Å². The van der Waals surface area contributed by atoms with Crippen LogP contribution in [0.15, 0.2) is 0 Å². The van der Waals surface area contributed by atoms with E-state index < -0.39 is 0 Å². The van der Waals surface area contributed by atoms with Crippen molar-refractivity contribution in [2.24, 2.45) is 0 Å². The number of rotatable bonds is 0. The summed E-state index contributed by atoms with van der Waals surface area (Å²) < 4.78 is 0. The minimum absolute atomic E-state index is 0. The Kier molecular flexibility index (Phi) is 196. The molecule has 0 saturated carbocycles. The van der Waals surface area contributed by atoms with Gasteiger partial charge in [-0.25, -0.2) is 0 Å². The molecule has 0 fully saturated rings. The van der Waals surface area contributed by atoms with Crippen molar-refractivity contribution >= 4 is 90.2 Å². The van der Waals surface area contributed by atoms with Crippen molar-refractivity contribution in [2.75, 3.05) is 0 Å². The molecule has 2 radical (unpaired) electrons. The van der Waals surface area contributed by atoms with Crippen LogP contribution in [-0.2, 0) is 19.5 Å². The van der Waals surface area contributed by atoms with Crippen molar-refractivity contribution in [3.63, 3.8) is 0 Å². The third kappa shape index (κ3) is 18.4. The van der Waals surface area contributed by atoms with E-state index in [1.54, 1.807) is 0 Å². The Morgan fingerprint density at radius 1 is 1.20 bits per heavy atom. The molecule has 0 N–H and O–H groups in total. The van der Waals surface area contributed by atoms with Crippen molar-refractivity contribution in [1.82, 2.24) is 0 Å². The molecule has 0 heterocycles. The van der Waals surface area contributed by atoms with Gasteiger partial charge in [-0.1, -0.05) is 0 Å². The van der Waals surface area contributed by atoms with E-state index in [0.717, 1.165) is 0 Å². The summed E-state index contributed by atoms with van der Waals surface area (Å²) in [4.78, 5) is 0.